The molecule has 0 unspecified atom stereocenters. The van der Waals surface area contributed by atoms with Gasteiger partial charge in [-0.15, -0.1) is 0 Å². The van der Waals surface area contributed by atoms with Crippen LogP contribution >= 0.6 is 0 Å². The smallest absolute Gasteiger partial charge is 0.160 e. The molecule has 3 heteroatoms. The molecule has 0 bridgehead atoms. The van der Waals surface area contributed by atoms with Crippen molar-refractivity contribution in [1.82, 2.24) is 15.0 Å². The monoisotopic (exact) mass is 753 g/mol. The van der Waals surface area contributed by atoms with Gasteiger partial charge in [-0.2, -0.15) is 0 Å². The van der Waals surface area contributed by atoms with Crippen molar-refractivity contribution in [2.24, 2.45) is 0 Å². The van der Waals surface area contributed by atoms with Crippen molar-refractivity contribution >= 4 is 21.7 Å². The van der Waals surface area contributed by atoms with Crippen molar-refractivity contribution in [2.75, 3.05) is 0 Å². The highest BCUT2D eigenvalue weighted by Crippen LogP contribution is 2.51. The number of aromatic nitrogens is 3. The Hall–Kier alpha value is -7.49. The first-order chi connectivity index (χ1) is 29.0. The molecular weight excluding hydrogens is 715 g/mol. The topological polar surface area (TPSA) is 38.7 Å². The minimum absolute atomic E-state index is 0.145. The molecule has 0 saturated carbocycles. The largest absolute Gasteiger partial charge is 0.248 e. The van der Waals surface area contributed by atoms with Crippen molar-refractivity contribution in [3.05, 3.63) is 211 Å². The molecule has 0 fully saturated rings. The maximum Gasteiger partial charge on any atom is 0.160 e. The molecular formula is C56H39N3. The second-order valence-corrected chi connectivity index (χ2v) is 16.0. The van der Waals surface area contributed by atoms with Gasteiger partial charge in [0.25, 0.3) is 0 Å². The fourth-order valence-electron chi connectivity index (χ4n) is 9.05. The number of fused-ring (bicyclic) bond motifs is 5. The first-order valence-electron chi connectivity index (χ1n) is 20.3. The van der Waals surface area contributed by atoms with Crippen LogP contribution in [0, 0.1) is 0 Å². The second kappa shape index (κ2) is 13.9. The van der Waals surface area contributed by atoms with Gasteiger partial charge in [0.05, 0.1) is 22.6 Å². The average Bonchev–Trinajstić information content (AvgIpc) is 3.53. The molecule has 278 valence electrons. The molecule has 0 N–H and O–H groups in total. The standard InChI is InChI=1S/C56H39N3/c1-56(2)49-28-15-14-26-44(49)47-32-48-46(33-51(38-20-8-4-9-21-38)57-53(48)34-50(47)56)41-29-40(36-17-6-3-7-18-36)30-42(31-41)55-58-52(39-22-10-5-11-23-39)35-54(59-55)45-27-16-24-37-19-12-13-25-43(37)45/h3-35H,1-2H3. The second-order valence-electron chi connectivity index (χ2n) is 16.0. The third kappa shape index (κ3) is 6.02. The van der Waals surface area contributed by atoms with Crippen LogP contribution in [0.25, 0.3) is 100 Å². The van der Waals surface area contributed by atoms with Crippen LogP contribution in [0.3, 0.4) is 0 Å². The van der Waals surface area contributed by atoms with E-state index in [9.17, 15) is 0 Å². The molecule has 2 heterocycles. The normalized spacial score (nSPS) is 12.7. The van der Waals surface area contributed by atoms with Crippen LogP contribution in [-0.4, -0.2) is 15.0 Å². The summed E-state index contributed by atoms with van der Waals surface area (Å²) >= 11 is 0. The van der Waals surface area contributed by atoms with E-state index in [4.69, 9.17) is 15.0 Å². The van der Waals surface area contributed by atoms with E-state index in [0.717, 1.165) is 77.9 Å². The van der Waals surface area contributed by atoms with E-state index in [1.807, 2.05) is 6.07 Å². The Morgan fingerprint density at radius 1 is 0.322 bits per heavy atom. The molecule has 11 rings (SSSR count). The van der Waals surface area contributed by atoms with E-state index in [0.29, 0.717) is 5.82 Å². The summed E-state index contributed by atoms with van der Waals surface area (Å²) in [7, 11) is 0. The van der Waals surface area contributed by atoms with Gasteiger partial charge < -0.3 is 0 Å². The molecule has 59 heavy (non-hydrogen) atoms. The average molecular weight is 754 g/mol. The molecule has 10 aromatic rings. The lowest BCUT2D eigenvalue weighted by Crippen LogP contribution is -2.14. The zero-order valence-electron chi connectivity index (χ0n) is 32.9. The van der Waals surface area contributed by atoms with Gasteiger partial charge in [0.2, 0.25) is 0 Å². The maximum absolute atomic E-state index is 5.41. The summed E-state index contributed by atoms with van der Waals surface area (Å²) in [6.07, 6.45) is 0. The van der Waals surface area contributed by atoms with E-state index in [1.54, 1.807) is 0 Å². The lowest BCUT2D eigenvalue weighted by molar-refractivity contribution is 0.661. The molecule has 2 aromatic heterocycles. The van der Waals surface area contributed by atoms with Gasteiger partial charge in [-0.3, -0.25) is 0 Å². The summed E-state index contributed by atoms with van der Waals surface area (Å²) in [5, 5.41) is 3.45. The number of nitrogens with zero attached hydrogens (tertiary/aromatic N) is 3. The highest BCUT2D eigenvalue weighted by Gasteiger charge is 2.36. The summed E-state index contributed by atoms with van der Waals surface area (Å²) in [5.74, 6) is 0.673. The predicted octanol–water partition coefficient (Wildman–Crippen LogP) is 14.5. The van der Waals surface area contributed by atoms with Crippen LogP contribution in [0.5, 0.6) is 0 Å². The molecule has 0 spiro atoms. The van der Waals surface area contributed by atoms with Gasteiger partial charge in [0, 0.05) is 33.1 Å². The first kappa shape index (κ1) is 34.7. The zero-order valence-corrected chi connectivity index (χ0v) is 32.9. The van der Waals surface area contributed by atoms with Gasteiger partial charge in [0.1, 0.15) is 0 Å². The van der Waals surface area contributed by atoms with Crippen molar-refractivity contribution in [2.45, 2.75) is 19.3 Å². The summed E-state index contributed by atoms with van der Waals surface area (Å²) in [4.78, 5) is 16.1. The molecule has 0 radical (unpaired) electrons. The van der Waals surface area contributed by atoms with Crippen LogP contribution in [0.1, 0.15) is 25.0 Å². The van der Waals surface area contributed by atoms with Crippen LogP contribution in [0.2, 0.25) is 0 Å². The van der Waals surface area contributed by atoms with E-state index in [-0.39, 0.29) is 5.41 Å². The van der Waals surface area contributed by atoms with Crippen LogP contribution in [0.4, 0.5) is 0 Å². The van der Waals surface area contributed by atoms with E-state index < -0.39 is 0 Å². The Kier molecular flexibility index (Phi) is 8.16. The summed E-state index contributed by atoms with van der Waals surface area (Å²) in [6, 6.07) is 71.3. The van der Waals surface area contributed by atoms with Crippen LogP contribution < -0.4 is 0 Å². The lowest BCUT2D eigenvalue weighted by atomic mass is 9.82. The van der Waals surface area contributed by atoms with Gasteiger partial charge in [0.15, 0.2) is 5.82 Å². The van der Waals surface area contributed by atoms with Gasteiger partial charge in [-0.05, 0) is 97.7 Å². The summed E-state index contributed by atoms with van der Waals surface area (Å²) in [6.45, 7) is 4.66. The molecule has 8 aromatic carbocycles. The molecule has 0 atom stereocenters. The van der Waals surface area contributed by atoms with Gasteiger partial charge >= 0.3 is 0 Å². The molecule has 1 aliphatic rings. The maximum atomic E-state index is 5.41. The van der Waals surface area contributed by atoms with Crippen molar-refractivity contribution in [3.63, 3.8) is 0 Å². The lowest BCUT2D eigenvalue weighted by Gasteiger charge is -2.22. The van der Waals surface area contributed by atoms with Gasteiger partial charge in [-0.25, -0.2) is 15.0 Å². The third-order valence-corrected chi connectivity index (χ3v) is 12.1. The number of benzene rings is 8. The summed E-state index contributed by atoms with van der Waals surface area (Å²) < 4.78 is 0. The Bertz CT molecular complexity index is 3220. The van der Waals surface area contributed by atoms with Crippen LogP contribution in [0.15, 0.2) is 200 Å². The van der Waals surface area contributed by atoms with Gasteiger partial charge in [-0.1, -0.05) is 172 Å². The van der Waals surface area contributed by atoms with Crippen LogP contribution in [-0.2, 0) is 5.41 Å². The molecule has 1 aliphatic carbocycles. The molecule has 0 aliphatic heterocycles. The molecule has 3 nitrogen and oxygen atoms in total. The Labute approximate surface area is 344 Å². The van der Waals surface area contributed by atoms with E-state index in [1.165, 1.54) is 27.6 Å². The Morgan fingerprint density at radius 2 is 0.898 bits per heavy atom. The first-order valence-corrected chi connectivity index (χ1v) is 20.3. The van der Waals surface area contributed by atoms with Crippen molar-refractivity contribution in [3.8, 4) is 78.5 Å². The van der Waals surface area contributed by atoms with Crippen molar-refractivity contribution < 1.29 is 0 Å². The summed E-state index contributed by atoms with van der Waals surface area (Å²) in [5.41, 5.74) is 17.3. The highest BCUT2D eigenvalue weighted by molar-refractivity contribution is 6.03. The van der Waals surface area contributed by atoms with E-state index in [2.05, 4.69) is 208 Å². The fourth-order valence-corrected chi connectivity index (χ4v) is 9.05. The van der Waals surface area contributed by atoms with E-state index >= 15 is 0 Å². The Balaban J connectivity index is 1.20. The minimum Gasteiger partial charge on any atom is -0.248 e. The highest BCUT2D eigenvalue weighted by atomic mass is 14.9. The third-order valence-electron chi connectivity index (χ3n) is 12.1. The Morgan fingerprint density at radius 3 is 1.66 bits per heavy atom. The predicted molar refractivity (Wildman–Crippen MR) is 245 cm³/mol. The minimum atomic E-state index is -0.145. The number of pyridine rings is 1. The number of hydrogen-bond acceptors (Lipinski definition) is 3. The zero-order chi connectivity index (χ0) is 39.5. The number of rotatable bonds is 6. The molecule has 0 saturated heterocycles. The number of hydrogen-bond donors (Lipinski definition) is 0. The SMILES string of the molecule is CC1(C)c2ccccc2-c2cc3c(-c4cc(-c5ccccc5)cc(-c5nc(-c6ccccc6)cc(-c6cccc7ccccc67)n5)c4)cc(-c4ccccc4)nc3cc21. The fraction of sp³-hybridized carbons (Fsp3) is 0.0536. The quantitative estimate of drug-likeness (QED) is 0.170. The molecule has 0 amide bonds. The van der Waals surface area contributed by atoms with Crippen molar-refractivity contribution in [1.29, 1.82) is 0 Å².